The summed E-state index contributed by atoms with van der Waals surface area (Å²) in [6.45, 7) is 2.29. The summed E-state index contributed by atoms with van der Waals surface area (Å²) >= 11 is 6.03. The van der Waals surface area contributed by atoms with E-state index in [4.69, 9.17) is 17.4 Å². The van der Waals surface area contributed by atoms with E-state index in [9.17, 15) is 0 Å². The second kappa shape index (κ2) is 6.55. The van der Waals surface area contributed by atoms with Crippen LogP contribution in [0.3, 0.4) is 0 Å². The van der Waals surface area contributed by atoms with Crippen LogP contribution < -0.4 is 11.3 Å². The molecule has 0 amide bonds. The Morgan fingerprint density at radius 3 is 2.89 bits per heavy atom. The predicted octanol–water partition coefficient (Wildman–Crippen LogP) is 3.54. The molecule has 0 heterocycles. The predicted molar refractivity (Wildman–Crippen MR) is 77.4 cm³/mol. The van der Waals surface area contributed by atoms with Crippen LogP contribution in [0.2, 0.25) is 5.02 Å². The number of benzene rings is 1. The van der Waals surface area contributed by atoms with E-state index in [-0.39, 0.29) is 0 Å². The fourth-order valence-electron chi connectivity index (χ4n) is 3.13. The molecule has 100 valence electrons. The zero-order valence-electron chi connectivity index (χ0n) is 11.0. The van der Waals surface area contributed by atoms with Crippen molar-refractivity contribution < 1.29 is 0 Å². The number of rotatable bonds is 5. The molecule has 0 spiro atoms. The highest BCUT2D eigenvalue weighted by atomic mass is 35.5. The lowest BCUT2D eigenvalue weighted by Crippen LogP contribution is -2.41. The number of nitrogens with one attached hydrogen (secondary N) is 1. The monoisotopic (exact) mass is 266 g/mol. The Morgan fingerprint density at radius 2 is 2.28 bits per heavy atom. The molecule has 0 saturated heterocycles. The van der Waals surface area contributed by atoms with Crippen molar-refractivity contribution in [3.63, 3.8) is 0 Å². The molecule has 0 bridgehead atoms. The Labute approximate surface area is 115 Å². The summed E-state index contributed by atoms with van der Waals surface area (Å²) in [7, 11) is 0. The minimum atomic E-state index is 0.375. The zero-order chi connectivity index (χ0) is 13.0. The van der Waals surface area contributed by atoms with Gasteiger partial charge in [-0.2, -0.15) is 0 Å². The van der Waals surface area contributed by atoms with Gasteiger partial charge in [-0.1, -0.05) is 43.5 Å². The van der Waals surface area contributed by atoms with Crippen molar-refractivity contribution in [1.29, 1.82) is 0 Å². The number of hydrazine groups is 1. The maximum Gasteiger partial charge on any atom is 0.0408 e. The van der Waals surface area contributed by atoms with Crippen LogP contribution in [0.5, 0.6) is 0 Å². The lowest BCUT2D eigenvalue weighted by molar-refractivity contribution is 0.348. The van der Waals surface area contributed by atoms with Crippen molar-refractivity contribution in [3.8, 4) is 0 Å². The third-order valence-electron chi connectivity index (χ3n) is 4.29. The van der Waals surface area contributed by atoms with Crippen molar-refractivity contribution in [2.75, 3.05) is 0 Å². The molecule has 1 aliphatic carbocycles. The Morgan fingerprint density at radius 1 is 1.44 bits per heavy atom. The molecular weight excluding hydrogens is 244 g/mol. The molecule has 3 atom stereocenters. The van der Waals surface area contributed by atoms with Crippen molar-refractivity contribution in [3.05, 3.63) is 34.9 Å². The highest BCUT2D eigenvalue weighted by Gasteiger charge is 2.29. The highest BCUT2D eigenvalue weighted by molar-refractivity contribution is 6.30. The van der Waals surface area contributed by atoms with Gasteiger partial charge in [0, 0.05) is 11.1 Å². The van der Waals surface area contributed by atoms with Gasteiger partial charge in [0.15, 0.2) is 0 Å². The molecule has 3 unspecified atom stereocenters. The van der Waals surface area contributed by atoms with Crippen LogP contribution in [0, 0.1) is 11.8 Å². The van der Waals surface area contributed by atoms with Gasteiger partial charge in [0.25, 0.3) is 0 Å². The molecule has 2 nitrogen and oxygen atoms in total. The molecule has 0 aliphatic heterocycles. The van der Waals surface area contributed by atoms with E-state index in [1.165, 1.54) is 31.2 Å². The van der Waals surface area contributed by atoms with Crippen molar-refractivity contribution in [2.24, 2.45) is 17.7 Å². The summed E-state index contributed by atoms with van der Waals surface area (Å²) in [6, 6.07) is 8.47. The van der Waals surface area contributed by atoms with Gasteiger partial charge in [0.1, 0.15) is 0 Å². The molecule has 1 fully saturated rings. The molecule has 3 heteroatoms. The summed E-state index contributed by atoms with van der Waals surface area (Å²) in [4.78, 5) is 0. The molecule has 18 heavy (non-hydrogen) atoms. The zero-order valence-corrected chi connectivity index (χ0v) is 11.8. The number of nitrogens with two attached hydrogens (primary N) is 1. The van der Waals surface area contributed by atoms with E-state index in [2.05, 4.69) is 18.4 Å². The minimum absolute atomic E-state index is 0.375. The van der Waals surface area contributed by atoms with Gasteiger partial charge in [-0.3, -0.25) is 11.3 Å². The van der Waals surface area contributed by atoms with Gasteiger partial charge in [0.2, 0.25) is 0 Å². The maximum absolute atomic E-state index is 6.03. The quantitative estimate of drug-likeness (QED) is 0.632. The fraction of sp³-hybridized carbons (Fsp3) is 0.600. The van der Waals surface area contributed by atoms with Crippen LogP contribution >= 0.6 is 11.6 Å². The molecule has 2 rings (SSSR count). The SMILES string of the molecule is CCC1CCC(C(Cc2cccc(Cl)c2)NN)C1. The Bertz CT molecular complexity index is 381. The fourth-order valence-corrected chi connectivity index (χ4v) is 3.34. The number of hydrogen-bond acceptors (Lipinski definition) is 2. The van der Waals surface area contributed by atoms with E-state index in [1.54, 1.807) is 0 Å². The third-order valence-corrected chi connectivity index (χ3v) is 4.52. The third kappa shape index (κ3) is 3.47. The number of halogens is 1. The number of hydrogen-bond donors (Lipinski definition) is 2. The van der Waals surface area contributed by atoms with Crippen LogP contribution in [0.25, 0.3) is 0 Å². The first-order chi connectivity index (χ1) is 8.72. The van der Waals surface area contributed by atoms with Crippen LogP contribution in [-0.2, 0) is 6.42 Å². The summed E-state index contributed by atoms with van der Waals surface area (Å²) in [5.41, 5.74) is 4.28. The maximum atomic E-state index is 6.03. The lowest BCUT2D eigenvalue weighted by atomic mass is 9.91. The van der Waals surface area contributed by atoms with Crippen LogP contribution in [0.4, 0.5) is 0 Å². The average Bonchev–Trinajstić information content (AvgIpc) is 2.84. The smallest absolute Gasteiger partial charge is 0.0408 e. The van der Waals surface area contributed by atoms with E-state index < -0.39 is 0 Å². The Balaban J connectivity index is 1.97. The largest absolute Gasteiger partial charge is 0.271 e. The molecule has 0 aromatic heterocycles. The average molecular weight is 267 g/mol. The van der Waals surface area contributed by atoms with Crippen LogP contribution in [-0.4, -0.2) is 6.04 Å². The van der Waals surface area contributed by atoms with Crippen molar-refractivity contribution in [1.82, 2.24) is 5.43 Å². The summed E-state index contributed by atoms with van der Waals surface area (Å²) in [5.74, 6) is 7.34. The van der Waals surface area contributed by atoms with Gasteiger partial charge < -0.3 is 0 Å². The van der Waals surface area contributed by atoms with Gasteiger partial charge in [-0.05, 0) is 48.8 Å². The van der Waals surface area contributed by atoms with Gasteiger partial charge in [0.05, 0.1) is 0 Å². The van der Waals surface area contributed by atoms with E-state index in [0.717, 1.165) is 17.4 Å². The first-order valence-corrected chi connectivity index (χ1v) is 7.31. The van der Waals surface area contributed by atoms with Gasteiger partial charge in [-0.25, -0.2) is 0 Å². The van der Waals surface area contributed by atoms with E-state index in [1.807, 2.05) is 18.2 Å². The summed E-state index contributed by atoms with van der Waals surface area (Å²) < 4.78 is 0. The van der Waals surface area contributed by atoms with Crippen molar-refractivity contribution >= 4 is 11.6 Å². The summed E-state index contributed by atoms with van der Waals surface area (Å²) in [6.07, 6.45) is 6.23. The molecule has 1 aromatic rings. The minimum Gasteiger partial charge on any atom is -0.271 e. The molecule has 1 aromatic carbocycles. The first kappa shape index (κ1) is 13.9. The second-order valence-electron chi connectivity index (χ2n) is 5.45. The lowest BCUT2D eigenvalue weighted by Gasteiger charge is -2.23. The molecule has 3 N–H and O–H groups in total. The van der Waals surface area contributed by atoms with E-state index >= 15 is 0 Å². The standard InChI is InChI=1S/C15H23ClN2/c1-2-11-6-7-13(8-11)15(18-17)10-12-4-3-5-14(16)9-12/h3-5,9,11,13,15,18H,2,6-8,10,17H2,1H3. The normalized spacial score (nSPS) is 25.3. The highest BCUT2D eigenvalue weighted by Crippen LogP contribution is 2.35. The Hall–Kier alpha value is -0.570. The van der Waals surface area contributed by atoms with Crippen molar-refractivity contribution in [2.45, 2.75) is 45.1 Å². The van der Waals surface area contributed by atoms with Crippen LogP contribution in [0.1, 0.15) is 38.2 Å². The molecule has 1 aliphatic rings. The second-order valence-corrected chi connectivity index (χ2v) is 5.89. The van der Waals surface area contributed by atoms with E-state index in [0.29, 0.717) is 12.0 Å². The summed E-state index contributed by atoms with van der Waals surface area (Å²) in [5, 5.41) is 0.807. The van der Waals surface area contributed by atoms with Crippen LogP contribution in [0.15, 0.2) is 24.3 Å². The molecule has 1 saturated carbocycles. The topological polar surface area (TPSA) is 38.0 Å². The molecular formula is C15H23ClN2. The Kier molecular flexibility index (Phi) is 5.04. The molecule has 0 radical (unpaired) electrons. The first-order valence-electron chi connectivity index (χ1n) is 6.93. The van der Waals surface area contributed by atoms with Gasteiger partial charge >= 0.3 is 0 Å². The van der Waals surface area contributed by atoms with Gasteiger partial charge in [-0.15, -0.1) is 0 Å².